The third kappa shape index (κ3) is 3.51. The molecule has 24 heavy (non-hydrogen) atoms. The fourth-order valence-corrected chi connectivity index (χ4v) is 3.47. The van der Waals surface area contributed by atoms with Gasteiger partial charge in [-0.15, -0.1) is 0 Å². The molecule has 1 saturated heterocycles. The van der Waals surface area contributed by atoms with E-state index in [4.69, 9.17) is 0 Å². The predicted octanol–water partition coefficient (Wildman–Crippen LogP) is 1.94. The Labute approximate surface area is 142 Å². The van der Waals surface area contributed by atoms with Crippen molar-refractivity contribution in [2.45, 2.75) is 53.1 Å². The molecule has 2 aromatic heterocycles. The molecular weight excluding hydrogens is 304 g/mol. The Morgan fingerprint density at radius 1 is 1.38 bits per heavy atom. The van der Waals surface area contributed by atoms with Crippen LogP contribution in [0.1, 0.15) is 35.6 Å². The summed E-state index contributed by atoms with van der Waals surface area (Å²) in [6.07, 6.45) is 2.23. The van der Waals surface area contributed by atoms with Gasteiger partial charge in [0.05, 0.1) is 35.9 Å². The van der Waals surface area contributed by atoms with Gasteiger partial charge in [0.1, 0.15) is 0 Å². The summed E-state index contributed by atoms with van der Waals surface area (Å²) >= 11 is 0. The third-order valence-electron chi connectivity index (χ3n) is 4.73. The maximum absolute atomic E-state index is 12.4. The van der Waals surface area contributed by atoms with Gasteiger partial charge < -0.3 is 5.32 Å². The van der Waals surface area contributed by atoms with Gasteiger partial charge in [-0.1, -0.05) is 0 Å². The van der Waals surface area contributed by atoms with Crippen molar-refractivity contribution in [2.75, 3.05) is 18.4 Å². The van der Waals surface area contributed by atoms with Gasteiger partial charge in [0.2, 0.25) is 5.91 Å². The van der Waals surface area contributed by atoms with Gasteiger partial charge in [-0.25, -0.2) is 0 Å². The van der Waals surface area contributed by atoms with Crippen molar-refractivity contribution >= 4 is 11.6 Å². The summed E-state index contributed by atoms with van der Waals surface area (Å²) in [5.74, 6) is 0.0165. The maximum Gasteiger partial charge on any atom is 0.238 e. The Morgan fingerprint density at radius 2 is 2.17 bits per heavy atom. The van der Waals surface area contributed by atoms with E-state index in [1.54, 1.807) is 0 Å². The zero-order valence-electron chi connectivity index (χ0n) is 14.9. The molecule has 1 aliphatic rings. The lowest BCUT2D eigenvalue weighted by atomic mass is 10.2. The first kappa shape index (κ1) is 16.7. The molecule has 0 aliphatic carbocycles. The van der Waals surface area contributed by atoms with E-state index in [2.05, 4.69) is 43.2 Å². The van der Waals surface area contributed by atoms with Crippen molar-refractivity contribution in [1.82, 2.24) is 24.9 Å². The molecular formula is C17H26N6O. The summed E-state index contributed by atoms with van der Waals surface area (Å²) in [4.78, 5) is 14.7. The fourth-order valence-electron chi connectivity index (χ4n) is 3.47. The number of nitrogens with one attached hydrogen (secondary N) is 2. The molecule has 1 aliphatic heterocycles. The van der Waals surface area contributed by atoms with Crippen LogP contribution in [-0.2, 0) is 11.3 Å². The number of hydrogen-bond acceptors (Lipinski definition) is 4. The number of aromatic amines is 1. The molecule has 0 spiro atoms. The zero-order chi connectivity index (χ0) is 17.3. The first-order valence-corrected chi connectivity index (χ1v) is 8.50. The zero-order valence-corrected chi connectivity index (χ0v) is 14.9. The number of H-pyrrole nitrogens is 1. The number of aryl methyl sites for hydroxylation is 4. The first-order valence-electron chi connectivity index (χ1n) is 8.50. The van der Waals surface area contributed by atoms with Crippen LogP contribution in [-0.4, -0.2) is 49.9 Å². The fraction of sp³-hybridized carbons (Fsp3) is 0.588. The molecule has 0 radical (unpaired) electrons. The molecule has 130 valence electrons. The number of carbonyl (C=O) groups is 1. The molecule has 0 bridgehead atoms. The van der Waals surface area contributed by atoms with Gasteiger partial charge in [-0.3, -0.25) is 19.5 Å². The summed E-state index contributed by atoms with van der Waals surface area (Å²) in [7, 11) is 0. The van der Waals surface area contributed by atoms with Crippen LogP contribution in [0, 0.1) is 27.7 Å². The number of aromatic nitrogens is 4. The lowest BCUT2D eigenvalue weighted by molar-refractivity contribution is -0.117. The number of hydrogen-bond donors (Lipinski definition) is 2. The Hall–Kier alpha value is -2.15. The van der Waals surface area contributed by atoms with E-state index in [0.717, 1.165) is 48.7 Å². The second kappa shape index (κ2) is 6.76. The Kier molecular flexibility index (Phi) is 4.71. The normalized spacial score (nSPS) is 18.2. The molecule has 7 nitrogen and oxygen atoms in total. The van der Waals surface area contributed by atoms with Crippen LogP contribution in [0.4, 0.5) is 5.69 Å². The minimum Gasteiger partial charge on any atom is -0.322 e. The molecule has 1 amide bonds. The van der Waals surface area contributed by atoms with Crippen molar-refractivity contribution in [3.63, 3.8) is 0 Å². The number of rotatable bonds is 5. The second-order valence-corrected chi connectivity index (χ2v) is 6.73. The third-order valence-corrected chi connectivity index (χ3v) is 4.73. The monoisotopic (exact) mass is 330 g/mol. The second-order valence-electron chi connectivity index (χ2n) is 6.73. The highest BCUT2D eigenvalue weighted by atomic mass is 16.2. The average molecular weight is 330 g/mol. The van der Waals surface area contributed by atoms with Gasteiger partial charge in [0.25, 0.3) is 0 Å². The van der Waals surface area contributed by atoms with E-state index < -0.39 is 0 Å². The SMILES string of the molecule is Cc1cc(C)n(CC2CCCN2CC(=O)Nc2c(C)n[nH]c2C)n1. The summed E-state index contributed by atoms with van der Waals surface area (Å²) < 4.78 is 2.06. The van der Waals surface area contributed by atoms with Gasteiger partial charge >= 0.3 is 0 Å². The molecule has 1 atom stereocenters. The van der Waals surface area contributed by atoms with Crippen LogP contribution in [0.15, 0.2) is 6.07 Å². The topological polar surface area (TPSA) is 78.8 Å². The lowest BCUT2D eigenvalue weighted by Gasteiger charge is -2.24. The largest absolute Gasteiger partial charge is 0.322 e. The molecule has 2 N–H and O–H groups in total. The molecule has 0 aromatic carbocycles. The first-order chi connectivity index (χ1) is 11.4. The number of amides is 1. The number of anilines is 1. The lowest BCUT2D eigenvalue weighted by Crippen LogP contribution is -2.39. The Bertz CT molecular complexity index is 712. The van der Waals surface area contributed by atoms with Crippen LogP contribution in [0.2, 0.25) is 0 Å². The van der Waals surface area contributed by atoms with Gasteiger partial charge in [0.15, 0.2) is 0 Å². The highest BCUT2D eigenvalue weighted by Gasteiger charge is 2.27. The maximum atomic E-state index is 12.4. The predicted molar refractivity (Wildman–Crippen MR) is 93.0 cm³/mol. The standard InChI is InChI=1S/C17H26N6O/c1-11-8-12(2)23(21-11)9-15-6-5-7-22(15)10-16(24)18-17-13(3)19-20-14(17)4/h8,15H,5-7,9-10H2,1-4H3,(H,18,24)(H,19,20). The Morgan fingerprint density at radius 3 is 2.79 bits per heavy atom. The summed E-state index contributed by atoms with van der Waals surface area (Å²) in [6.45, 7) is 10.1. The molecule has 1 unspecified atom stereocenters. The molecule has 3 heterocycles. The summed E-state index contributed by atoms with van der Waals surface area (Å²) in [6, 6.07) is 2.46. The van der Waals surface area contributed by atoms with E-state index in [1.807, 2.05) is 20.8 Å². The van der Waals surface area contributed by atoms with Crippen LogP contribution < -0.4 is 5.32 Å². The summed E-state index contributed by atoms with van der Waals surface area (Å²) in [5.41, 5.74) is 4.73. The average Bonchev–Trinajstić information content (AvgIpc) is 3.17. The Balaban J connectivity index is 1.61. The van der Waals surface area contributed by atoms with E-state index in [1.165, 1.54) is 5.69 Å². The molecule has 0 saturated carbocycles. The van der Waals surface area contributed by atoms with Crippen molar-refractivity contribution in [1.29, 1.82) is 0 Å². The molecule has 1 fully saturated rings. The summed E-state index contributed by atoms with van der Waals surface area (Å²) in [5, 5.41) is 14.6. The minimum absolute atomic E-state index is 0.0165. The van der Waals surface area contributed by atoms with E-state index >= 15 is 0 Å². The minimum atomic E-state index is 0.0165. The molecule has 3 rings (SSSR count). The number of carbonyl (C=O) groups excluding carboxylic acids is 1. The quantitative estimate of drug-likeness (QED) is 0.878. The van der Waals surface area contributed by atoms with Crippen molar-refractivity contribution < 1.29 is 4.79 Å². The van der Waals surface area contributed by atoms with E-state index in [0.29, 0.717) is 12.6 Å². The molecule has 7 heteroatoms. The van der Waals surface area contributed by atoms with Crippen molar-refractivity contribution in [2.24, 2.45) is 0 Å². The molecule has 2 aromatic rings. The van der Waals surface area contributed by atoms with Crippen LogP contribution >= 0.6 is 0 Å². The van der Waals surface area contributed by atoms with Crippen molar-refractivity contribution in [3.05, 3.63) is 28.8 Å². The van der Waals surface area contributed by atoms with Crippen LogP contribution in [0.5, 0.6) is 0 Å². The van der Waals surface area contributed by atoms with Gasteiger partial charge in [0, 0.05) is 11.7 Å². The van der Waals surface area contributed by atoms with E-state index in [-0.39, 0.29) is 5.91 Å². The smallest absolute Gasteiger partial charge is 0.238 e. The van der Waals surface area contributed by atoms with Crippen LogP contribution in [0.25, 0.3) is 0 Å². The number of nitrogens with zero attached hydrogens (tertiary/aromatic N) is 4. The van der Waals surface area contributed by atoms with Gasteiger partial charge in [-0.2, -0.15) is 10.2 Å². The highest BCUT2D eigenvalue weighted by Crippen LogP contribution is 2.20. The van der Waals surface area contributed by atoms with Crippen molar-refractivity contribution in [3.8, 4) is 0 Å². The number of likely N-dealkylation sites (tertiary alicyclic amines) is 1. The van der Waals surface area contributed by atoms with E-state index in [9.17, 15) is 4.79 Å². The highest BCUT2D eigenvalue weighted by molar-refractivity contribution is 5.93. The van der Waals surface area contributed by atoms with Gasteiger partial charge in [-0.05, 0) is 53.1 Å². The van der Waals surface area contributed by atoms with Crippen LogP contribution in [0.3, 0.4) is 0 Å².